The second-order valence-electron chi connectivity index (χ2n) is 3.86. The van der Waals surface area contributed by atoms with Gasteiger partial charge in [0.1, 0.15) is 0 Å². The van der Waals surface area contributed by atoms with Crippen molar-refractivity contribution in [1.29, 1.82) is 0 Å². The molecule has 0 aliphatic rings. The van der Waals surface area contributed by atoms with Crippen LogP contribution in [-0.4, -0.2) is 17.7 Å². The molecule has 0 bridgehead atoms. The number of rotatable bonds is 3. The molecule has 2 rings (SSSR count). The van der Waals surface area contributed by atoms with E-state index in [0.29, 0.717) is 16.1 Å². The third kappa shape index (κ3) is 3.42. The smallest absolute Gasteiger partial charge is 0.223 e. The van der Waals surface area contributed by atoms with E-state index < -0.39 is 0 Å². The molecule has 0 atom stereocenters. The van der Waals surface area contributed by atoms with E-state index in [4.69, 9.17) is 17.2 Å². The Bertz CT molecular complexity index is 655. The van der Waals surface area contributed by atoms with Crippen molar-refractivity contribution in [2.75, 3.05) is 0 Å². The standard InChI is InChI=1S/C13H13N5OS/c14-12(15)18-13(16)17-9-5-3-8(4-6-9)11(19)10-2-1-7-20-10/h1-7H,(H6,14,15,16,17,18). The van der Waals surface area contributed by atoms with Crippen LogP contribution in [0.15, 0.2) is 51.8 Å². The number of carbonyl (C=O) groups is 1. The van der Waals surface area contributed by atoms with Gasteiger partial charge in [-0.2, -0.15) is 4.99 Å². The monoisotopic (exact) mass is 287 g/mol. The zero-order valence-electron chi connectivity index (χ0n) is 10.5. The molecule has 2 aromatic rings. The van der Waals surface area contributed by atoms with Crippen molar-refractivity contribution in [1.82, 2.24) is 0 Å². The van der Waals surface area contributed by atoms with E-state index in [9.17, 15) is 4.79 Å². The quantitative estimate of drug-likeness (QED) is 0.446. The minimum atomic E-state index is -0.157. The van der Waals surface area contributed by atoms with Gasteiger partial charge < -0.3 is 17.2 Å². The van der Waals surface area contributed by atoms with Gasteiger partial charge in [-0.1, -0.05) is 6.07 Å². The first-order valence-electron chi connectivity index (χ1n) is 5.68. The summed E-state index contributed by atoms with van der Waals surface area (Å²) in [4.78, 5) is 20.4. The number of ketones is 1. The molecule has 0 aliphatic carbocycles. The average Bonchev–Trinajstić information content (AvgIpc) is 2.91. The summed E-state index contributed by atoms with van der Waals surface area (Å²) < 4.78 is 0. The lowest BCUT2D eigenvalue weighted by Gasteiger charge is -2.00. The van der Waals surface area contributed by atoms with Crippen molar-refractivity contribution in [3.05, 3.63) is 52.2 Å². The first-order chi connectivity index (χ1) is 9.56. The van der Waals surface area contributed by atoms with Crippen molar-refractivity contribution < 1.29 is 4.79 Å². The molecule has 0 fully saturated rings. The summed E-state index contributed by atoms with van der Waals surface area (Å²) in [7, 11) is 0. The fraction of sp³-hybridized carbons (Fsp3) is 0. The van der Waals surface area contributed by atoms with Gasteiger partial charge in [-0.25, -0.2) is 4.99 Å². The minimum absolute atomic E-state index is 0.0206. The molecule has 0 unspecified atom stereocenters. The molecule has 1 aromatic heterocycles. The fourth-order valence-corrected chi connectivity index (χ4v) is 2.21. The van der Waals surface area contributed by atoms with Crippen molar-refractivity contribution in [2.24, 2.45) is 27.2 Å². The van der Waals surface area contributed by atoms with Gasteiger partial charge in [-0.15, -0.1) is 11.3 Å². The molecule has 0 saturated heterocycles. The van der Waals surface area contributed by atoms with E-state index in [1.807, 2.05) is 11.4 Å². The van der Waals surface area contributed by atoms with Crippen LogP contribution < -0.4 is 17.2 Å². The fourth-order valence-electron chi connectivity index (χ4n) is 1.53. The van der Waals surface area contributed by atoms with Gasteiger partial charge in [-0.3, -0.25) is 4.79 Å². The van der Waals surface area contributed by atoms with Gasteiger partial charge in [0.2, 0.25) is 11.7 Å². The lowest BCUT2D eigenvalue weighted by Crippen LogP contribution is -2.26. The Morgan fingerprint density at radius 1 is 1.05 bits per heavy atom. The maximum absolute atomic E-state index is 12.1. The van der Waals surface area contributed by atoms with E-state index in [1.165, 1.54) is 11.3 Å². The van der Waals surface area contributed by atoms with Crippen LogP contribution in [0.3, 0.4) is 0 Å². The highest BCUT2D eigenvalue weighted by Gasteiger charge is 2.09. The summed E-state index contributed by atoms with van der Waals surface area (Å²) in [5.41, 5.74) is 17.1. The van der Waals surface area contributed by atoms with E-state index >= 15 is 0 Å². The Labute approximate surface area is 119 Å². The molecule has 0 aliphatic heterocycles. The number of aliphatic imine (C=N–C) groups is 2. The highest BCUT2D eigenvalue weighted by Crippen LogP contribution is 2.18. The zero-order chi connectivity index (χ0) is 14.5. The number of nitrogens with zero attached hydrogens (tertiary/aromatic N) is 2. The van der Waals surface area contributed by atoms with Crippen LogP contribution >= 0.6 is 11.3 Å². The number of carbonyl (C=O) groups excluding carboxylic acids is 1. The summed E-state index contributed by atoms with van der Waals surface area (Å²) in [6.07, 6.45) is 0. The molecule has 6 nitrogen and oxygen atoms in total. The minimum Gasteiger partial charge on any atom is -0.370 e. The molecular weight excluding hydrogens is 274 g/mol. The molecule has 20 heavy (non-hydrogen) atoms. The Hall–Kier alpha value is -2.67. The van der Waals surface area contributed by atoms with E-state index in [0.717, 1.165) is 0 Å². The molecule has 7 heteroatoms. The van der Waals surface area contributed by atoms with Crippen molar-refractivity contribution in [3.8, 4) is 0 Å². The summed E-state index contributed by atoms with van der Waals surface area (Å²) in [6.45, 7) is 0. The normalized spacial score (nSPS) is 11.1. The molecule has 0 amide bonds. The van der Waals surface area contributed by atoms with Gasteiger partial charge in [0, 0.05) is 5.56 Å². The zero-order valence-corrected chi connectivity index (χ0v) is 11.3. The highest BCUT2D eigenvalue weighted by molar-refractivity contribution is 7.12. The Morgan fingerprint density at radius 2 is 1.75 bits per heavy atom. The van der Waals surface area contributed by atoms with E-state index in [2.05, 4.69) is 9.98 Å². The predicted octanol–water partition coefficient (Wildman–Crippen LogP) is 1.20. The maximum atomic E-state index is 12.1. The van der Waals surface area contributed by atoms with Gasteiger partial charge in [0.25, 0.3) is 0 Å². The third-order valence-corrected chi connectivity index (χ3v) is 3.23. The molecular formula is C13H13N5OS. The topological polar surface area (TPSA) is 120 Å². The highest BCUT2D eigenvalue weighted by atomic mass is 32.1. The number of guanidine groups is 2. The van der Waals surface area contributed by atoms with Gasteiger partial charge in [-0.05, 0) is 35.7 Å². The van der Waals surface area contributed by atoms with E-state index in [-0.39, 0.29) is 17.7 Å². The predicted molar refractivity (Wildman–Crippen MR) is 81.3 cm³/mol. The molecule has 6 N–H and O–H groups in total. The Balaban J connectivity index is 2.19. The SMILES string of the molecule is NC(N)=NC(N)=Nc1ccc(C(=O)c2cccs2)cc1. The molecule has 1 aromatic carbocycles. The second-order valence-corrected chi connectivity index (χ2v) is 4.81. The molecule has 102 valence electrons. The number of nitrogens with two attached hydrogens (primary N) is 3. The summed E-state index contributed by atoms with van der Waals surface area (Å²) >= 11 is 1.40. The molecule has 0 saturated carbocycles. The second kappa shape index (κ2) is 5.98. The largest absolute Gasteiger partial charge is 0.370 e. The molecule has 0 radical (unpaired) electrons. The Kier molecular flexibility index (Phi) is 4.11. The first kappa shape index (κ1) is 13.8. The maximum Gasteiger partial charge on any atom is 0.223 e. The van der Waals surface area contributed by atoms with Crippen LogP contribution in [0.5, 0.6) is 0 Å². The van der Waals surface area contributed by atoms with Crippen molar-refractivity contribution in [3.63, 3.8) is 0 Å². The first-order valence-corrected chi connectivity index (χ1v) is 6.56. The van der Waals surface area contributed by atoms with Crippen LogP contribution in [-0.2, 0) is 0 Å². The summed E-state index contributed by atoms with van der Waals surface area (Å²) in [5.74, 6) is -0.217. The average molecular weight is 287 g/mol. The van der Waals surface area contributed by atoms with Gasteiger partial charge in [0.05, 0.1) is 10.6 Å². The van der Waals surface area contributed by atoms with Crippen molar-refractivity contribution in [2.45, 2.75) is 0 Å². The number of thiophene rings is 1. The number of benzene rings is 1. The van der Waals surface area contributed by atoms with E-state index in [1.54, 1.807) is 30.3 Å². The summed E-state index contributed by atoms with van der Waals surface area (Å²) in [5, 5.41) is 1.86. The number of hydrogen-bond donors (Lipinski definition) is 3. The van der Waals surface area contributed by atoms with Crippen LogP contribution in [0.25, 0.3) is 0 Å². The lowest BCUT2D eigenvalue weighted by atomic mass is 10.1. The molecule has 0 spiro atoms. The van der Waals surface area contributed by atoms with Crippen molar-refractivity contribution >= 4 is 34.7 Å². The van der Waals surface area contributed by atoms with Crippen LogP contribution in [0.2, 0.25) is 0 Å². The third-order valence-electron chi connectivity index (χ3n) is 2.36. The Morgan fingerprint density at radius 3 is 2.30 bits per heavy atom. The van der Waals surface area contributed by atoms with Crippen LogP contribution in [0.1, 0.15) is 15.2 Å². The van der Waals surface area contributed by atoms with Gasteiger partial charge in [0.15, 0.2) is 5.96 Å². The number of hydrogen-bond acceptors (Lipinski definition) is 3. The van der Waals surface area contributed by atoms with Crippen LogP contribution in [0, 0.1) is 0 Å². The summed E-state index contributed by atoms with van der Waals surface area (Å²) in [6, 6.07) is 10.3. The van der Waals surface area contributed by atoms with Gasteiger partial charge >= 0.3 is 0 Å². The molecule has 1 heterocycles. The lowest BCUT2D eigenvalue weighted by molar-refractivity contribution is 0.104. The van der Waals surface area contributed by atoms with Crippen LogP contribution in [0.4, 0.5) is 5.69 Å².